The van der Waals surface area contributed by atoms with Crippen LogP contribution in [0, 0.1) is 6.92 Å². The fourth-order valence-corrected chi connectivity index (χ4v) is 4.52. The zero-order valence-corrected chi connectivity index (χ0v) is 18.1. The second-order valence-electron chi connectivity index (χ2n) is 8.38. The lowest BCUT2D eigenvalue weighted by atomic mass is 9.99. The second-order valence-corrected chi connectivity index (χ2v) is 8.79. The van der Waals surface area contributed by atoms with Crippen LogP contribution in [-0.4, -0.2) is 84.7 Å². The third kappa shape index (κ3) is 6.33. The lowest BCUT2D eigenvalue weighted by Gasteiger charge is -2.43. The van der Waals surface area contributed by atoms with E-state index in [0.717, 1.165) is 24.0 Å². The predicted molar refractivity (Wildman–Crippen MR) is 112 cm³/mol. The van der Waals surface area contributed by atoms with Gasteiger partial charge in [0.2, 0.25) is 5.91 Å². The summed E-state index contributed by atoms with van der Waals surface area (Å²) in [6, 6.07) is 5.40. The Labute approximate surface area is 180 Å². The minimum absolute atomic E-state index is 0.0453. The van der Waals surface area contributed by atoms with Gasteiger partial charge in [-0.25, -0.2) is 0 Å². The number of carbonyl (C=O) groups excluding carboxylic acids is 1. The van der Waals surface area contributed by atoms with Gasteiger partial charge in [0, 0.05) is 50.3 Å². The summed E-state index contributed by atoms with van der Waals surface area (Å²) in [4.78, 5) is 18.3. The number of likely N-dealkylation sites (tertiary alicyclic amines) is 1. The molecule has 1 atom stereocenters. The Morgan fingerprint density at radius 2 is 1.80 bits per heavy atom. The molecule has 1 amide bonds. The van der Waals surface area contributed by atoms with Gasteiger partial charge in [0.25, 0.3) is 0 Å². The molecule has 3 rings (SSSR count). The molecule has 168 valence electrons. The monoisotopic (exact) mass is 446 g/mol. The summed E-state index contributed by atoms with van der Waals surface area (Å²) in [6.07, 6.45) is -2.01. The van der Waals surface area contributed by atoms with Crippen molar-refractivity contribution >= 4 is 17.5 Å². The van der Waals surface area contributed by atoms with Gasteiger partial charge in [0.05, 0.1) is 12.6 Å². The molecule has 2 aliphatic heterocycles. The van der Waals surface area contributed by atoms with E-state index in [4.69, 9.17) is 17.3 Å². The number of piperazine rings is 1. The van der Waals surface area contributed by atoms with E-state index < -0.39 is 18.8 Å². The van der Waals surface area contributed by atoms with E-state index in [-0.39, 0.29) is 5.91 Å². The number of carbonyl (C=O) groups is 1. The molecule has 9 heteroatoms. The van der Waals surface area contributed by atoms with Crippen molar-refractivity contribution in [2.75, 3.05) is 45.8 Å². The number of rotatable bonds is 5. The highest BCUT2D eigenvalue weighted by atomic mass is 35.5. The van der Waals surface area contributed by atoms with Crippen LogP contribution in [0.4, 0.5) is 13.2 Å². The Morgan fingerprint density at radius 3 is 2.37 bits per heavy atom. The third-order valence-electron chi connectivity index (χ3n) is 6.10. The molecular weight excluding hydrogens is 417 g/mol. The molecule has 2 fully saturated rings. The normalized spacial score (nSPS) is 21.1. The highest BCUT2D eigenvalue weighted by Crippen LogP contribution is 2.22. The van der Waals surface area contributed by atoms with E-state index in [2.05, 4.69) is 4.90 Å². The third-order valence-corrected chi connectivity index (χ3v) is 6.52. The van der Waals surface area contributed by atoms with Crippen molar-refractivity contribution in [1.82, 2.24) is 14.7 Å². The van der Waals surface area contributed by atoms with Crippen molar-refractivity contribution in [2.45, 2.75) is 44.4 Å². The van der Waals surface area contributed by atoms with E-state index in [1.165, 1.54) is 4.90 Å². The summed E-state index contributed by atoms with van der Waals surface area (Å²) >= 11 is 6.05. The summed E-state index contributed by atoms with van der Waals surface area (Å²) in [6.45, 7) is 4.52. The minimum Gasteiger partial charge on any atom is -0.341 e. The summed E-state index contributed by atoms with van der Waals surface area (Å²) in [5.74, 6) is -0.0453. The number of halogens is 4. The number of nitrogens with two attached hydrogens (primary N) is 1. The van der Waals surface area contributed by atoms with Crippen molar-refractivity contribution in [3.05, 3.63) is 34.3 Å². The van der Waals surface area contributed by atoms with E-state index in [1.54, 1.807) is 0 Å². The van der Waals surface area contributed by atoms with Gasteiger partial charge in [-0.2, -0.15) is 13.2 Å². The number of amides is 1. The van der Waals surface area contributed by atoms with Crippen LogP contribution in [0.15, 0.2) is 18.2 Å². The van der Waals surface area contributed by atoms with Gasteiger partial charge in [-0.15, -0.1) is 0 Å². The molecule has 0 spiro atoms. The first-order valence-electron chi connectivity index (χ1n) is 10.4. The van der Waals surface area contributed by atoms with Crippen molar-refractivity contribution in [1.29, 1.82) is 0 Å². The molecule has 2 aliphatic rings. The highest BCUT2D eigenvalue weighted by Gasteiger charge is 2.34. The number of benzene rings is 1. The number of alkyl halides is 3. The summed E-state index contributed by atoms with van der Waals surface area (Å²) in [7, 11) is 0. The highest BCUT2D eigenvalue weighted by molar-refractivity contribution is 6.31. The Hall–Kier alpha value is -1.35. The average Bonchev–Trinajstić information content (AvgIpc) is 2.70. The van der Waals surface area contributed by atoms with E-state index in [9.17, 15) is 18.0 Å². The lowest BCUT2D eigenvalue weighted by Crippen LogP contribution is -2.56. The topological polar surface area (TPSA) is 52.8 Å². The standard InChI is InChI=1S/C21H30ClF3N4O/c1-15-12-16(2-3-18(15)22)13-19(26)20(30)29-6-4-17(5-7-29)28-10-8-27(9-11-28)14-21(23,24)25/h2-3,12,17,19H,4-11,13-14,26H2,1H3. The first kappa shape index (κ1) is 23.3. The number of hydrogen-bond donors (Lipinski definition) is 1. The Bertz CT molecular complexity index is 729. The molecular formula is C21H30ClF3N4O. The Balaban J connectivity index is 1.43. The molecule has 1 unspecified atom stereocenters. The fourth-order valence-electron chi connectivity index (χ4n) is 4.40. The van der Waals surface area contributed by atoms with Gasteiger partial charge in [-0.05, 0) is 43.4 Å². The van der Waals surface area contributed by atoms with Gasteiger partial charge in [-0.1, -0.05) is 23.7 Å². The van der Waals surface area contributed by atoms with Gasteiger partial charge in [-0.3, -0.25) is 14.6 Å². The molecule has 30 heavy (non-hydrogen) atoms. The first-order chi connectivity index (χ1) is 14.1. The second kappa shape index (κ2) is 9.85. The van der Waals surface area contributed by atoms with Crippen LogP contribution in [0.3, 0.4) is 0 Å². The molecule has 0 bridgehead atoms. The quantitative estimate of drug-likeness (QED) is 0.755. The molecule has 2 heterocycles. The first-order valence-corrected chi connectivity index (χ1v) is 10.8. The van der Waals surface area contributed by atoms with Gasteiger partial charge >= 0.3 is 6.18 Å². The molecule has 2 saturated heterocycles. The van der Waals surface area contributed by atoms with Crippen LogP contribution in [0.1, 0.15) is 24.0 Å². The van der Waals surface area contributed by atoms with Crippen molar-refractivity contribution < 1.29 is 18.0 Å². The predicted octanol–water partition coefficient (Wildman–Crippen LogP) is 2.69. The van der Waals surface area contributed by atoms with Crippen LogP contribution in [0.25, 0.3) is 0 Å². The maximum absolute atomic E-state index is 12.8. The Morgan fingerprint density at radius 1 is 1.17 bits per heavy atom. The Kier molecular flexibility index (Phi) is 7.66. The van der Waals surface area contributed by atoms with Crippen molar-refractivity contribution in [2.24, 2.45) is 5.73 Å². The van der Waals surface area contributed by atoms with Crippen LogP contribution in [0.5, 0.6) is 0 Å². The smallest absolute Gasteiger partial charge is 0.341 e. The maximum atomic E-state index is 12.8. The number of piperidine rings is 1. The molecule has 0 aliphatic carbocycles. The average molecular weight is 447 g/mol. The zero-order chi connectivity index (χ0) is 21.9. The number of nitrogens with zero attached hydrogens (tertiary/aromatic N) is 3. The molecule has 0 radical (unpaired) electrons. The van der Waals surface area contributed by atoms with Crippen LogP contribution in [-0.2, 0) is 11.2 Å². The number of aryl methyl sites for hydroxylation is 1. The minimum atomic E-state index is -4.14. The van der Waals surface area contributed by atoms with E-state index in [1.807, 2.05) is 30.0 Å². The summed E-state index contributed by atoms with van der Waals surface area (Å²) < 4.78 is 37.6. The van der Waals surface area contributed by atoms with Crippen LogP contribution < -0.4 is 5.73 Å². The lowest BCUT2D eigenvalue weighted by molar-refractivity contribution is -0.150. The van der Waals surface area contributed by atoms with Gasteiger partial charge in [0.1, 0.15) is 0 Å². The molecule has 5 nitrogen and oxygen atoms in total. The van der Waals surface area contributed by atoms with E-state index in [0.29, 0.717) is 56.8 Å². The summed E-state index contributed by atoms with van der Waals surface area (Å²) in [5.41, 5.74) is 8.13. The maximum Gasteiger partial charge on any atom is 0.401 e. The molecule has 1 aromatic rings. The largest absolute Gasteiger partial charge is 0.401 e. The summed E-state index contributed by atoms with van der Waals surface area (Å²) in [5, 5.41) is 0.694. The molecule has 1 aromatic carbocycles. The number of hydrogen-bond acceptors (Lipinski definition) is 4. The molecule has 0 aromatic heterocycles. The SMILES string of the molecule is Cc1cc(CC(N)C(=O)N2CCC(N3CCN(CC(F)(F)F)CC3)CC2)ccc1Cl. The van der Waals surface area contributed by atoms with Gasteiger partial charge < -0.3 is 10.6 Å². The van der Waals surface area contributed by atoms with Crippen LogP contribution >= 0.6 is 11.6 Å². The zero-order valence-electron chi connectivity index (χ0n) is 17.3. The van der Waals surface area contributed by atoms with Crippen molar-refractivity contribution in [3.63, 3.8) is 0 Å². The molecule has 2 N–H and O–H groups in total. The van der Waals surface area contributed by atoms with Crippen LogP contribution in [0.2, 0.25) is 5.02 Å². The van der Waals surface area contributed by atoms with Gasteiger partial charge in [0.15, 0.2) is 0 Å². The molecule has 0 saturated carbocycles. The fraction of sp³-hybridized carbons (Fsp3) is 0.667. The van der Waals surface area contributed by atoms with Crippen molar-refractivity contribution in [3.8, 4) is 0 Å². The van der Waals surface area contributed by atoms with E-state index >= 15 is 0 Å².